The Labute approximate surface area is 254 Å². The first-order valence-corrected chi connectivity index (χ1v) is 16.3. The summed E-state index contributed by atoms with van der Waals surface area (Å²) in [6.45, 7) is 1.22. The summed E-state index contributed by atoms with van der Waals surface area (Å²) in [6, 6.07) is 16.4. The first-order chi connectivity index (χ1) is 20.5. The van der Waals surface area contributed by atoms with Crippen LogP contribution in [0.2, 0.25) is 0 Å². The Morgan fingerprint density at radius 2 is 1.52 bits per heavy atom. The maximum absolute atomic E-state index is 13.8. The lowest BCUT2D eigenvalue weighted by atomic mass is 9.80. The van der Waals surface area contributed by atoms with E-state index in [4.69, 9.17) is 0 Å². The zero-order valence-electron chi connectivity index (χ0n) is 24.3. The van der Waals surface area contributed by atoms with Crippen molar-refractivity contribution >= 4 is 47.2 Å². The number of Topliss-reactive ketones (excluding diaryl/α,β-unsaturated/α-hetero) is 2. The highest BCUT2D eigenvalue weighted by atomic mass is 32.1. The molecule has 2 unspecified atom stereocenters. The fourth-order valence-electron chi connectivity index (χ4n) is 6.56. The van der Waals surface area contributed by atoms with Crippen LogP contribution in [0.25, 0.3) is 11.4 Å². The normalized spacial score (nSPS) is 21.3. The van der Waals surface area contributed by atoms with E-state index in [0.29, 0.717) is 43.8 Å². The number of unbranched alkanes of at least 4 members (excludes halogenated alkanes) is 2. The highest BCUT2D eigenvalue weighted by Gasteiger charge is 2.34. The van der Waals surface area contributed by atoms with Gasteiger partial charge in [0.2, 0.25) is 5.91 Å². The quantitative estimate of drug-likeness (QED) is 0.207. The van der Waals surface area contributed by atoms with E-state index in [0.717, 1.165) is 85.3 Å². The van der Waals surface area contributed by atoms with E-state index in [1.54, 1.807) is 0 Å². The average molecular weight is 587 g/mol. The number of hydrogen-bond acceptors (Lipinski definition) is 7. The molecule has 0 bridgehead atoms. The zero-order chi connectivity index (χ0) is 29.1. The summed E-state index contributed by atoms with van der Waals surface area (Å²) in [5, 5.41) is 2.36. The summed E-state index contributed by atoms with van der Waals surface area (Å²) in [5.41, 5.74) is 12.9. The van der Waals surface area contributed by atoms with Crippen molar-refractivity contribution < 1.29 is 14.4 Å². The van der Waals surface area contributed by atoms with E-state index in [2.05, 4.69) is 46.8 Å². The summed E-state index contributed by atoms with van der Waals surface area (Å²) >= 11 is 4.53. The van der Waals surface area contributed by atoms with Gasteiger partial charge in [-0.3, -0.25) is 19.4 Å². The van der Waals surface area contributed by atoms with Gasteiger partial charge in [-0.05, 0) is 63.0 Å². The van der Waals surface area contributed by atoms with Crippen LogP contribution in [0.5, 0.6) is 0 Å². The molecule has 0 radical (unpaired) electrons. The second-order valence-electron chi connectivity index (χ2n) is 12.2. The first kappa shape index (κ1) is 29.0. The van der Waals surface area contributed by atoms with Crippen molar-refractivity contribution in [1.82, 2.24) is 16.0 Å². The number of rotatable bonds is 12. The lowest BCUT2D eigenvalue weighted by Gasteiger charge is -2.32. The van der Waals surface area contributed by atoms with Gasteiger partial charge in [-0.15, -0.1) is 5.53 Å². The van der Waals surface area contributed by atoms with Crippen molar-refractivity contribution in [3.05, 3.63) is 65.2 Å². The van der Waals surface area contributed by atoms with Crippen molar-refractivity contribution in [3.8, 4) is 0 Å². The van der Waals surface area contributed by atoms with Gasteiger partial charge in [0.15, 0.2) is 0 Å². The number of thiol groups is 1. The predicted molar refractivity (Wildman–Crippen MR) is 169 cm³/mol. The summed E-state index contributed by atoms with van der Waals surface area (Å²) in [7, 11) is 0. The van der Waals surface area contributed by atoms with Crippen LogP contribution in [0.1, 0.15) is 93.7 Å². The lowest BCUT2D eigenvalue weighted by Crippen LogP contribution is -2.38. The van der Waals surface area contributed by atoms with E-state index in [1.165, 1.54) is 6.42 Å². The number of hydrazine groups is 2. The molecule has 2 aromatic carbocycles. The topological polar surface area (TPSA) is 81.8 Å². The minimum Gasteiger partial charge on any atom is -0.307 e. The van der Waals surface area contributed by atoms with Crippen molar-refractivity contribution in [1.29, 1.82) is 0 Å². The highest BCUT2D eigenvalue weighted by Crippen LogP contribution is 2.40. The Bertz CT molecular complexity index is 1370. The standard InChI is InChI=1S/C34H42N4O3S/c39-29(23-11-9-12-23)16-5-6-18-32(41)37-22-24-10-1-2-13-25(24)33-34(26-14-3-4-15-28(26)37)38(36-35-33)21-8-7-17-30(40)27-19-20-31(27)42/h1-4,10,13-15,23,27,31,35-36,42H,5-9,11-12,16-22H2. The van der Waals surface area contributed by atoms with Crippen LogP contribution in [0.15, 0.2) is 48.5 Å². The minimum absolute atomic E-state index is 0.0832. The van der Waals surface area contributed by atoms with Crippen LogP contribution in [-0.4, -0.2) is 34.3 Å². The monoisotopic (exact) mass is 586 g/mol. The molecule has 2 aliphatic carbocycles. The number of hydrogen-bond donors (Lipinski definition) is 3. The summed E-state index contributed by atoms with van der Waals surface area (Å²) < 4.78 is 0. The molecule has 2 aliphatic heterocycles. The zero-order valence-corrected chi connectivity index (χ0v) is 25.2. The maximum Gasteiger partial charge on any atom is 0.227 e. The molecule has 6 rings (SSSR count). The molecule has 0 spiro atoms. The number of amides is 1. The van der Waals surface area contributed by atoms with Crippen molar-refractivity contribution in [2.75, 3.05) is 11.4 Å². The average Bonchev–Trinajstić information content (AvgIpc) is 3.36. The van der Waals surface area contributed by atoms with Crippen LogP contribution in [0.3, 0.4) is 0 Å². The molecule has 0 saturated heterocycles. The smallest absolute Gasteiger partial charge is 0.227 e. The van der Waals surface area contributed by atoms with Gasteiger partial charge in [0.25, 0.3) is 0 Å². The van der Waals surface area contributed by atoms with E-state index < -0.39 is 0 Å². The number of carbonyl (C=O) groups is 3. The molecule has 42 heavy (non-hydrogen) atoms. The van der Waals surface area contributed by atoms with Gasteiger partial charge in [0, 0.05) is 54.0 Å². The van der Waals surface area contributed by atoms with E-state index in [9.17, 15) is 14.4 Å². The van der Waals surface area contributed by atoms with Crippen LogP contribution < -0.4 is 15.9 Å². The van der Waals surface area contributed by atoms with Crippen LogP contribution in [0.4, 0.5) is 5.69 Å². The molecule has 2 fully saturated rings. The number of fused-ring (bicyclic) bond motifs is 4. The molecule has 2 aromatic rings. The molecule has 4 aliphatic rings. The largest absolute Gasteiger partial charge is 0.307 e. The SMILES string of the molecule is O=C(CCCCC(=O)N1Cc2ccccc2C2=C(c3ccccc31)N(CCCCC(=O)C1CCC1S)NN2)C1CCC1. The third-order valence-electron chi connectivity index (χ3n) is 9.52. The molecule has 2 atom stereocenters. The molecule has 0 aromatic heterocycles. The Morgan fingerprint density at radius 3 is 2.26 bits per heavy atom. The third-order valence-corrected chi connectivity index (χ3v) is 10.1. The number of para-hydroxylation sites is 1. The minimum atomic E-state index is 0.0832. The number of ketones is 2. The Morgan fingerprint density at radius 1 is 0.810 bits per heavy atom. The van der Waals surface area contributed by atoms with Crippen molar-refractivity contribution in [3.63, 3.8) is 0 Å². The van der Waals surface area contributed by atoms with Gasteiger partial charge in [-0.25, -0.2) is 0 Å². The third kappa shape index (κ3) is 6.02. The van der Waals surface area contributed by atoms with Gasteiger partial charge in [-0.2, -0.15) is 12.6 Å². The Hall–Kier alpha value is -3.10. The maximum atomic E-state index is 13.8. The molecular weight excluding hydrogens is 544 g/mol. The number of anilines is 1. The second kappa shape index (κ2) is 13.0. The molecular formula is C34H42N4O3S. The van der Waals surface area contributed by atoms with Gasteiger partial charge in [0.1, 0.15) is 11.6 Å². The fourth-order valence-corrected chi connectivity index (χ4v) is 7.03. The predicted octanol–water partition coefficient (Wildman–Crippen LogP) is 6.06. The van der Waals surface area contributed by atoms with Gasteiger partial charge < -0.3 is 10.3 Å². The van der Waals surface area contributed by atoms with E-state index in [-0.39, 0.29) is 23.0 Å². The van der Waals surface area contributed by atoms with Gasteiger partial charge in [-0.1, -0.05) is 48.9 Å². The Kier molecular flexibility index (Phi) is 9.00. The molecule has 8 heteroatoms. The number of carbonyl (C=O) groups excluding carboxylic acids is 3. The number of nitrogens with one attached hydrogen (secondary N) is 2. The van der Waals surface area contributed by atoms with Gasteiger partial charge >= 0.3 is 0 Å². The molecule has 1 amide bonds. The van der Waals surface area contributed by atoms with Gasteiger partial charge in [0.05, 0.1) is 23.6 Å². The van der Waals surface area contributed by atoms with Crippen LogP contribution in [-0.2, 0) is 20.9 Å². The summed E-state index contributed by atoms with van der Waals surface area (Å²) in [6.07, 6.45) is 10.1. The second-order valence-corrected chi connectivity index (χ2v) is 12.9. The van der Waals surface area contributed by atoms with Crippen molar-refractivity contribution in [2.45, 2.75) is 88.8 Å². The molecule has 2 heterocycles. The van der Waals surface area contributed by atoms with Crippen LogP contribution >= 0.6 is 12.6 Å². The number of benzene rings is 2. The summed E-state index contributed by atoms with van der Waals surface area (Å²) in [4.78, 5) is 40.6. The lowest BCUT2D eigenvalue weighted by molar-refractivity contribution is -0.126. The van der Waals surface area contributed by atoms with Crippen molar-refractivity contribution in [2.24, 2.45) is 11.8 Å². The molecule has 2 N–H and O–H groups in total. The number of nitrogens with zero attached hydrogens (tertiary/aromatic N) is 2. The summed E-state index contributed by atoms with van der Waals surface area (Å²) in [5.74, 6) is 1.20. The fraction of sp³-hybridized carbons (Fsp3) is 0.500. The Balaban J connectivity index is 1.18. The molecule has 7 nitrogen and oxygen atoms in total. The first-order valence-electron chi connectivity index (χ1n) is 15.8. The molecule has 2 saturated carbocycles. The van der Waals surface area contributed by atoms with Crippen LogP contribution in [0, 0.1) is 11.8 Å². The highest BCUT2D eigenvalue weighted by molar-refractivity contribution is 7.81. The van der Waals surface area contributed by atoms with E-state index in [1.807, 2.05) is 35.2 Å². The molecule has 222 valence electrons. The van der Waals surface area contributed by atoms with E-state index >= 15 is 0 Å².